The molecule has 0 unspecified atom stereocenters. The summed E-state index contributed by atoms with van der Waals surface area (Å²) in [5, 5.41) is 20.5. The molecular formula is C12H15ClN2O5S. The lowest BCUT2D eigenvalue weighted by Gasteiger charge is -2.21. The summed E-state index contributed by atoms with van der Waals surface area (Å²) < 4.78 is 26.0. The Morgan fingerprint density at radius 3 is 2.43 bits per heavy atom. The molecule has 1 aromatic carbocycles. The highest BCUT2D eigenvalue weighted by Crippen LogP contribution is 2.33. The molecule has 0 aromatic heterocycles. The molecule has 0 bridgehead atoms. The summed E-state index contributed by atoms with van der Waals surface area (Å²) in [5.74, 6) is -0.224. The first-order valence-corrected chi connectivity index (χ1v) is 8.06. The predicted molar refractivity (Wildman–Crippen MR) is 76.7 cm³/mol. The lowest BCUT2D eigenvalue weighted by atomic mass is 10.2. The maximum absolute atomic E-state index is 12.5. The van der Waals surface area contributed by atoms with Crippen molar-refractivity contribution in [2.24, 2.45) is 0 Å². The number of aliphatic hydroxyl groups excluding tert-OH is 2. The monoisotopic (exact) mass is 334 g/mol. The Morgan fingerprint density at radius 1 is 1.24 bits per heavy atom. The van der Waals surface area contributed by atoms with Crippen molar-refractivity contribution in [3.63, 3.8) is 0 Å². The van der Waals surface area contributed by atoms with Crippen molar-refractivity contribution in [1.29, 1.82) is 0 Å². The lowest BCUT2D eigenvalue weighted by molar-refractivity contribution is -0.115. The molecular weight excluding hydrogens is 320 g/mol. The molecule has 2 rings (SSSR count). The molecule has 0 radical (unpaired) electrons. The van der Waals surface area contributed by atoms with E-state index in [0.717, 1.165) is 4.31 Å². The minimum absolute atomic E-state index is 0.0168. The van der Waals surface area contributed by atoms with Crippen LogP contribution in [0, 0.1) is 0 Å². The first kappa shape index (κ1) is 16.2. The minimum atomic E-state index is -3.95. The van der Waals surface area contributed by atoms with E-state index in [0.29, 0.717) is 11.3 Å². The summed E-state index contributed by atoms with van der Waals surface area (Å²) in [4.78, 5) is 11.2. The van der Waals surface area contributed by atoms with Crippen LogP contribution >= 0.6 is 11.6 Å². The third kappa shape index (κ3) is 3.19. The van der Waals surface area contributed by atoms with E-state index in [-0.39, 0.29) is 48.5 Å². The Morgan fingerprint density at radius 2 is 1.86 bits per heavy atom. The number of carbonyl (C=O) groups excluding carboxylic acids is 1. The van der Waals surface area contributed by atoms with Crippen LogP contribution in [0.4, 0.5) is 5.69 Å². The Labute approximate surface area is 127 Å². The number of nitrogens with zero attached hydrogens (tertiary/aromatic N) is 1. The van der Waals surface area contributed by atoms with Gasteiger partial charge in [0.15, 0.2) is 0 Å². The molecule has 3 N–H and O–H groups in total. The number of sulfonamides is 1. The van der Waals surface area contributed by atoms with Crippen LogP contribution in [0.15, 0.2) is 17.0 Å². The van der Waals surface area contributed by atoms with E-state index in [2.05, 4.69) is 5.32 Å². The average molecular weight is 335 g/mol. The van der Waals surface area contributed by atoms with Gasteiger partial charge in [-0.3, -0.25) is 4.79 Å². The van der Waals surface area contributed by atoms with E-state index < -0.39 is 10.0 Å². The number of nitrogens with one attached hydrogen (secondary N) is 1. The zero-order chi connectivity index (χ0) is 15.6. The summed E-state index contributed by atoms with van der Waals surface area (Å²) in [7, 11) is -3.95. The zero-order valence-electron chi connectivity index (χ0n) is 11.0. The van der Waals surface area contributed by atoms with Crippen LogP contribution in [0.25, 0.3) is 0 Å². The fraction of sp³-hybridized carbons (Fsp3) is 0.417. The first-order valence-electron chi connectivity index (χ1n) is 6.24. The molecule has 0 saturated heterocycles. The van der Waals surface area contributed by atoms with Gasteiger partial charge in [0.2, 0.25) is 15.9 Å². The van der Waals surface area contributed by atoms with Crippen molar-refractivity contribution in [3.8, 4) is 0 Å². The smallest absolute Gasteiger partial charge is 0.244 e. The molecule has 0 spiro atoms. The number of amides is 1. The van der Waals surface area contributed by atoms with Crippen molar-refractivity contribution in [2.45, 2.75) is 11.3 Å². The largest absolute Gasteiger partial charge is 0.395 e. The maximum atomic E-state index is 12.5. The minimum Gasteiger partial charge on any atom is -0.395 e. The van der Waals surface area contributed by atoms with Gasteiger partial charge in [0.1, 0.15) is 4.90 Å². The highest BCUT2D eigenvalue weighted by Gasteiger charge is 2.29. The molecule has 9 heteroatoms. The van der Waals surface area contributed by atoms with Crippen LogP contribution in [0.5, 0.6) is 0 Å². The van der Waals surface area contributed by atoms with Gasteiger partial charge in [-0.15, -0.1) is 0 Å². The fourth-order valence-corrected chi connectivity index (χ4v) is 4.11. The number of carbonyl (C=O) groups is 1. The summed E-state index contributed by atoms with van der Waals surface area (Å²) >= 11 is 6.00. The van der Waals surface area contributed by atoms with Crippen LogP contribution in [0.1, 0.15) is 5.56 Å². The fourth-order valence-electron chi connectivity index (χ4n) is 2.14. The summed E-state index contributed by atoms with van der Waals surface area (Å²) in [6, 6.07) is 2.75. The number of hydrogen-bond donors (Lipinski definition) is 3. The number of fused-ring (bicyclic) bond motifs is 1. The number of benzene rings is 1. The lowest BCUT2D eigenvalue weighted by Crippen LogP contribution is -2.36. The second-order valence-corrected chi connectivity index (χ2v) is 6.83. The standard InChI is InChI=1S/C12H15ClN2O5S/c13-9-7-10-8(6-12(18)14-10)5-11(9)21(19,20)15(1-3-16)2-4-17/h5,7,16-17H,1-4,6H2,(H,14,18). The summed E-state index contributed by atoms with van der Waals surface area (Å²) in [6.07, 6.45) is 0.0923. The first-order chi connectivity index (χ1) is 9.90. The second-order valence-electron chi connectivity index (χ2n) is 4.52. The maximum Gasteiger partial charge on any atom is 0.244 e. The molecule has 1 heterocycles. The molecule has 0 aliphatic carbocycles. The number of halogens is 1. The van der Waals surface area contributed by atoms with Crippen molar-refractivity contribution in [1.82, 2.24) is 4.31 Å². The Balaban J connectivity index is 2.45. The number of anilines is 1. The highest BCUT2D eigenvalue weighted by molar-refractivity contribution is 7.89. The normalized spacial score (nSPS) is 14.4. The predicted octanol–water partition coefficient (Wildman–Crippen LogP) is -0.190. The van der Waals surface area contributed by atoms with E-state index in [9.17, 15) is 13.2 Å². The molecule has 1 aromatic rings. The summed E-state index contributed by atoms with van der Waals surface area (Å²) in [5.41, 5.74) is 1.05. The van der Waals surface area contributed by atoms with Gasteiger partial charge >= 0.3 is 0 Å². The molecule has 1 amide bonds. The van der Waals surface area contributed by atoms with Crippen molar-refractivity contribution >= 4 is 33.2 Å². The molecule has 1 aliphatic heterocycles. The van der Waals surface area contributed by atoms with Crippen LogP contribution in [0.2, 0.25) is 5.02 Å². The van der Waals surface area contributed by atoms with E-state index in [4.69, 9.17) is 21.8 Å². The highest BCUT2D eigenvalue weighted by atomic mass is 35.5. The molecule has 21 heavy (non-hydrogen) atoms. The summed E-state index contributed by atoms with van der Waals surface area (Å²) in [6.45, 7) is -1.04. The van der Waals surface area contributed by atoms with Crippen LogP contribution < -0.4 is 5.32 Å². The third-order valence-electron chi connectivity index (χ3n) is 3.10. The molecule has 0 saturated carbocycles. The Bertz CT molecular complexity index is 656. The van der Waals surface area contributed by atoms with Gasteiger partial charge in [-0.25, -0.2) is 8.42 Å². The van der Waals surface area contributed by atoms with Gasteiger partial charge in [-0.2, -0.15) is 4.31 Å². The number of rotatable bonds is 6. The van der Waals surface area contributed by atoms with Crippen LogP contribution in [-0.2, 0) is 21.2 Å². The molecule has 1 aliphatic rings. The zero-order valence-corrected chi connectivity index (χ0v) is 12.6. The van der Waals surface area contributed by atoms with Gasteiger partial charge in [-0.1, -0.05) is 11.6 Å². The van der Waals surface area contributed by atoms with Gasteiger partial charge in [0, 0.05) is 18.8 Å². The van der Waals surface area contributed by atoms with E-state index in [1.165, 1.54) is 12.1 Å². The van der Waals surface area contributed by atoms with Crippen molar-refractivity contribution < 1.29 is 23.4 Å². The Kier molecular flexibility index (Phi) is 4.84. The van der Waals surface area contributed by atoms with Gasteiger partial charge in [0.05, 0.1) is 24.7 Å². The van der Waals surface area contributed by atoms with E-state index in [1.54, 1.807) is 0 Å². The van der Waals surface area contributed by atoms with Crippen LogP contribution in [-0.4, -0.2) is 55.1 Å². The Hall–Kier alpha value is -1.19. The topological polar surface area (TPSA) is 107 Å². The van der Waals surface area contributed by atoms with E-state index >= 15 is 0 Å². The van der Waals surface area contributed by atoms with E-state index in [1.807, 2.05) is 0 Å². The second kappa shape index (κ2) is 6.29. The SMILES string of the molecule is O=C1Cc2cc(S(=O)(=O)N(CCO)CCO)c(Cl)cc2N1. The average Bonchev–Trinajstić information content (AvgIpc) is 2.76. The van der Waals surface area contributed by atoms with Gasteiger partial charge < -0.3 is 15.5 Å². The van der Waals surface area contributed by atoms with Crippen LogP contribution in [0.3, 0.4) is 0 Å². The quantitative estimate of drug-likeness (QED) is 0.668. The molecule has 116 valence electrons. The molecule has 7 nitrogen and oxygen atoms in total. The van der Waals surface area contributed by atoms with Gasteiger partial charge in [-0.05, 0) is 17.7 Å². The molecule has 0 atom stereocenters. The molecule has 0 fully saturated rings. The number of hydrogen-bond acceptors (Lipinski definition) is 5. The van der Waals surface area contributed by atoms with Gasteiger partial charge in [0.25, 0.3) is 0 Å². The number of aliphatic hydroxyl groups is 2. The van der Waals surface area contributed by atoms with Crippen molar-refractivity contribution in [2.75, 3.05) is 31.6 Å². The van der Waals surface area contributed by atoms with Crippen molar-refractivity contribution in [3.05, 3.63) is 22.7 Å². The third-order valence-corrected chi connectivity index (χ3v) is 5.46.